The summed E-state index contributed by atoms with van der Waals surface area (Å²) in [7, 11) is 0. The van der Waals surface area contributed by atoms with E-state index in [9.17, 15) is 0 Å². The molecular formula is C68H46N2. The van der Waals surface area contributed by atoms with E-state index < -0.39 is 0 Å². The molecule has 0 unspecified atom stereocenters. The average molecular weight is 891 g/mol. The summed E-state index contributed by atoms with van der Waals surface area (Å²) in [6.45, 7) is 0. The number of para-hydroxylation sites is 3. The minimum absolute atomic E-state index is 1.06. The normalized spacial score (nSPS) is 11.4. The third kappa shape index (κ3) is 7.13. The molecular weight excluding hydrogens is 845 g/mol. The van der Waals surface area contributed by atoms with Crippen molar-refractivity contribution in [2.75, 3.05) is 4.90 Å². The van der Waals surface area contributed by atoms with Crippen molar-refractivity contribution < 1.29 is 0 Å². The first-order chi connectivity index (χ1) is 34.7. The van der Waals surface area contributed by atoms with E-state index in [1.807, 2.05) is 0 Å². The Balaban J connectivity index is 1.00. The molecule has 12 aromatic carbocycles. The summed E-state index contributed by atoms with van der Waals surface area (Å²) in [5.41, 5.74) is 18.5. The molecule has 70 heavy (non-hydrogen) atoms. The predicted molar refractivity (Wildman–Crippen MR) is 298 cm³/mol. The van der Waals surface area contributed by atoms with Gasteiger partial charge in [-0.25, -0.2) is 0 Å². The molecule has 13 rings (SSSR count). The highest BCUT2D eigenvalue weighted by Crippen LogP contribution is 2.49. The lowest BCUT2D eigenvalue weighted by atomic mass is 9.87. The van der Waals surface area contributed by atoms with Crippen molar-refractivity contribution in [3.63, 3.8) is 0 Å². The summed E-state index contributed by atoms with van der Waals surface area (Å²) < 4.78 is 2.42. The Labute approximate surface area is 408 Å². The van der Waals surface area contributed by atoms with Crippen molar-refractivity contribution in [3.8, 4) is 61.3 Å². The molecule has 1 aromatic heterocycles. The van der Waals surface area contributed by atoms with E-state index in [0.717, 1.165) is 28.3 Å². The molecule has 2 heteroatoms. The fraction of sp³-hybridized carbons (Fsp3) is 0. The van der Waals surface area contributed by atoms with Crippen molar-refractivity contribution in [2.45, 2.75) is 0 Å². The van der Waals surface area contributed by atoms with Gasteiger partial charge in [-0.15, -0.1) is 0 Å². The first kappa shape index (κ1) is 41.0. The van der Waals surface area contributed by atoms with Crippen LogP contribution in [-0.4, -0.2) is 4.57 Å². The Bertz CT molecular complexity index is 4020. The van der Waals surface area contributed by atoms with Crippen LogP contribution in [0.25, 0.3) is 105 Å². The summed E-state index contributed by atoms with van der Waals surface area (Å²) in [5, 5.41) is 7.53. The third-order valence-corrected chi connectivity index (χ3v) is 14.0. The molecule has 0 spiro atoms. The SMILES string of the molecule is c1ccc(-c2ccccc2-c2c(-c3ccccc3)cccc2N(c2ccc(-c3ccc4c(ccc5ccccc54)c3)cc2)c2ccc(-c3cccc4c5ccccc5n(-c5ccccc5)c34)cc2)cc1. The molecule has 0 saturated carbocycles. The standard InChI is InChI=1S/C68H46N2/c1-4-18-48(19-5-1)58-26-12-13-28-63(58)67-60(49-20-6-2-7-21-49)29-17-33-66(67)69(55-41-36-47(37-42-55)52-40-45-59-53(46-52)35-34-50-22-10-11-25-57(50)59)56-43-38-51(39-44-56)61-30-16-31-64-62-27-14-15-32-65(62)70(68(61)64)54-23-8-3-9-24-54/h1-46H. The van der Waals surface area contributed by atoms with Gasteiger partial charge in [-0.1, -0.05) is 224 Å². The summed E-state index contributed by atoms with van der Waals surface area (Å²) in [5.74, 6) is 0. The molecule has 0 aliphatic carbocycles. The summed E-state index contributed by atoms with van der Waals surface area (Å²) in [6, 6.07) is 102. The van der Waals surface area contributed by atoms with Crippen molar-refractivity contribution in [1.29, 1.82) is 0 Å². The minimum Gasteiger partial charge on any atom is -0.310 e. The highest BCUT2D eigenvalue weighted by atomic mass is 15.1. The molecule has 13 aromatic rings. The van der Waals surface area contributed by atoms with Gasteiger partial charge in [0.2, 0.25) is 0 Å². The highest BCUT2D eigenvalue weighted by molar-refractivity contribution is 6.14. The summed E-state index contributed by atoms with van der Waals surface area (Å²) in [4.78, 5) is 2.45. The molecule has 0 N–H and O–H groups in total. The maximum atomic E-state index is 2.45. The van der Waals surface area contributed by atoms with Crippen molar-refractivity contribution in [2.24, 2.45) is 0 Å². The Morgan fingerprint density at radius 1 is 0.271 bits per heavy atom. The number of hydrogen-bond acceptors (Lipinski definition) is 1. The maximum absolute atomic E-state index is 2.45. The Hall–Kier alpha value is -9.24. The van der Waals surface area contributed by atoms with Crippen LogP contribution in [0, 0.1) is 0 Å². The van der Waals surface area contributed by atoms with E-state index in [1.165, 1.54) is 93.4 Å². The van der Waals surface area contributed by atoms with Gasteiger partial charge < -0.3 is 9.47 Å². The molecule has 0 amide bonds. The van der Waals surface area contributed by atoms with Gasteiger partial charge in [-0.05, 0) is 121 Å². The zero-order chi connectivity index (χ0) is 46.4. The van der Waals surface area contributed by atoms with Crippen LogP contribution >= 0.6 is 0 Å². The summed E-state index contributed by atoms with van der Waals surface area (Å²) in [6.07, 6.45) is 0. The van der Waals surface area contributed by atoms with Crippen LogP contribution in [0.15, 0.2) is 279 Å². The second kappa shape index (κ2) is 17.4. The molecule has 0 radical (unpaired) electrons. The maximum Gasteiger partial charge on any atom is 0.0619 e. The molecule has 1 heterocycles. The molecule has 0 fully saturated rings. The Morgan fingerprint density at radius 3 is 1.51 bits per heavy atom. The first-order valence-electron chi connectivity index (χ1n) is 24.1. The largest absolute Gasteiger partial charge is 0.310 e. The highest BCUT2D eigenvalue weighted by Gasteiger charge is 2.24. The number of rotatable bonds is 9. The average Bonchev–Trinajstić information content (AvgIpc) is 3.79. The monoisotopic (exact) mass is 890 g/mol. The van der Waals surface area contributed by atoms with E-state index in [-0.39, 0.29) is 0 Å². The lowest BCUT2D eigenvalue weighted by Gasteiger charge is -2.30. The predicted octanol–water partition coefficient (Wildman–Crippen LogP) is 18.9. The third-order valence-electron chi connectivity index (χ3n) is 14.0. The van der Waals surface area contributed by atoms with Crippen LogP contribution < -0.4 is 4.90 Å². The summed E-state index contributed by atoms with van der Waals surface area (Å²) >= 11 is 0. The van der Waals surface area contributed by atoms with Gasteiger partial charge in [0.1, 0.15) is 0 Å². The lowest BCUT2D eigenvalue weighted by Crippen LogP contribution is -2.12. The lowest BCUT2D eigenvalue weighted by molar-refractivity contribution is 1.18. The van der Waals surface area contributed by atoms with Crippen molar-refractivity contribution in [3.05, 3.63) is 279 Å². The fourth-order valence-corrected chi connectivity index (χ4v) is 10.7. The van der Waals surface area contributed by atoms with E-state index >= 15 is 0 Å². The van der Waals surface area contributed by atoms with Gasteiger partial charge in [0.15, 0.2) is 0 Å². The number of hydrogen-bond donors (Lipinski definition) is 0. The Kier molecular flexibility index (Phi) is 10.2. The minimum atomic E-state index is 1.06. The van der Waals surface area contributed by atoms with E-state index in [0.29, 0.717) is 0 Å². The zero-order valence-electron chi connectivity index (χ0n) is 38.5. The van der Waals surface area contributed by atoms with Gasteiger partial charge >= 0.3 is 0 Å². The van der Waals surface area contributed by atoms with Crippen LogP contribution in [0.2, 0.25) is 0 Å². The van der Waals surface area contributed by atoms with Crippen LogP contribution in [0.3, 0.4) is 0 Å². The quantitative estimate of drug-likeness (QED) is 0.131. The van der Waals surface area contributed by atoms with Crippen LogP contribution in [0.1, 0.15) is 0 Å². The first-order valence-corrected chi connectivity index (χ1v) is 24.1. The molecule has 328 valence electrons. The van der Waals surface area contributed by atoms with E-state index in [2.05, 4.69) is 289 Å². The van der Waals surface area contributed by atoms with Crippen molar-refractivity contribution in [1.82, 2.24) is 4.57 Å². The number of fused-ring (bicyclic) bond motifs is 6. The van der Waals surface area contributed by atoms with Gasteiger partial charge in [-0.3, -0.25) is 0 Å². The molecule has 0 aliphatic rings. The number of nitrogens with zero attached hydrogens (tertiary/aromatic N) is 2. The van der Waals surface area contributed by atoms with Gasteiger partial charge in [0, 0.05) is 39.0 Å². The topological polar surface area (TPSA) is 8.17 Å². The number of anilines is 3. The van der Waals surface area contributed by atoms with E-state index in [1.54, 1.807) is 0 Å². The van der Waals surface area contributed by atoms with E-state index in [4.69, 9.17) is 0 Å². The van der Waals surface area contributed by atoms with Gasteiger partial charge in [0.25, 0.3) is 0 Å². The smallest absolute Gasteiger partial charge is 0.0619 e. The second-order valence-electron chi connectivity index (χ2n) is 18.0. The van der Waals surface area contributed by atoms with Crippen LogP contribution in [0.4, 0.5) is 17.1 Å². The molecule has 2 nitrogen and oxygen atoms in total. The van der Waals surface area contributed by atoms with Gasteiger partial charge in [-0.2, -0.15) is 0 Å². The molecule has 0 saturated heterocycles. The van der Waals surface area contributed by atoms with Gasteiger partial charge in [0.05, 0.1) is 16.7 Å². The fourth-order valence-electron chi connectivity index (χ4n) is 10.7. The molecule has 0 atom stereocenters. The number of aromatic nitrogens is 1. The second-order valence-corrected chi connectivity index (χ2v) is 18.0. The Morgan fingerprint density at radius 2 is 0.771 bits per heavy atom. The van der Waals surface area contributed by atoms with Crippen molar-refractivity contribution >= 4 is 60.4 Å². The van der Waals surface area contributed by atoms with Crippen LogP contribution in [-0.2, 0) is 0 Å². The van der Waals surface area contributed by atoms with Crippen LogP contribution in [0.5, 0.6) is 0 Å². The zero-order valence-corrected chi connectivity index (χ0v) is 38.5. The molecule has 0 aliphatic heterocycles. The molecule has 0 bridgehead atoms. The number of benzene rings is 12.